The molecule has 0 fully saturated rings. The van der Waals surface area contributed by atoms with E-state index in [4.69, 9.17) is 11.6 Å². The number of carbonyl (C=O) groups excluding carboxylic acids is 4. The summed E-state index contributed by atoms with van der Waals surface area (Å²) >= 11 is 9.20. The van der Waals surface area contributed by atoms with Crippen molar-refractivity contribution in [2.45, 2.75) is 53.4 Å². The first-order valence-corrected chi connectivity index (χ1v) is 31.8. The fourth-order valence-corrected chi connectivity index (χ4v) is 9.71. The van der Waals surface area contributed by atoms with Gasteiger partial charge < -0.3 is 26.4 Å². The Labute approximate surface area is 585 Å². The van der Waals surface area contributed by atoms with Crippen LogP contribution in [0.5, 0.6) is 5.75 Å². The predicted octanol–water partition coefficient (Wildman–Crippen LogP) is 16.3. The molecule has 5 N–H and O–H groups in total. The van der Waals surface area contributed by atoms with Gasteiger partial charge in [-0.1, -0.05) is 76.1 Å². The maximum atomic E-state index is 13.0. The van der Waals surface area contributed by atoms with Crippen LogP contribution in [0.4, 0.5) is 45.2 Å². The smallest absolute Gasteiger partial charge is 0.229 e. The minimum absolute atomic E-state index is 0.112. The van der Waals surface area contributed by atoms with Crippen molar-refractivity contribution in [3.63, 3.8) is 0 Å². The second-order valence-electron chi connectivity index (χ2n) is 22.2. The van der Waals surface area contributed by atoms with Crippen LogP contribution >= 0.6 is 27.5 Å². The largest absolute Gasteiger partial charge is 0.508 e. The van der Waals surface area contributed by atoms with Crippen LogP contribution in [-0.4, -0.2) is 68.6 Å². The van der Waals surface area contributed by atoms with Gasteiger partial charge in [-0.25, -0.2) is 61.8 Å². The number of amides is 4. The van der Waals surface area contributed by atoms with Crippen LogP contribution in [0.15, 0.2) is 223 Å². The van der Waals surface area contributed by atoms with Crippen molar-refractivity contribution < 1.29 is 46.2 Å². The van der Waals surface area contributed by atoms with Gasteiger partial charge in [0.25, 0.3) is 0 Å². The third-order valence-electron chi connectivity index (χ3n) is 14.5. The summed E-state index contributed by atoms with van der Waals surface area (Å²) < 4.78 is 65.8. The molecule has 100 heavy (non-hydrogen) atoms. The monoisotopic (exact) mass is 1430 g/mol. The van der Waals surface area contributed by atoms with Crippen LogP contribution in [0.3, 0.4) is 0 Å². The lowest BCUT2D eigenvalue weighted by Crippen LogP contribution is -2.16. The van der Waals surface area contributed by atoms with Crippen molar-refractivity contribution in [2.24, 2.45) is 0 Å². The molecular formula is C76H61BrClF5N12O5. The van der Waals surface area contributed by atoms with E-state index in [0.717, 1.165) is 43.4 Å². The van der Waals surface area contributed by atoms with Gasteiger partial charge in [0.1, 0.15) is 34.8 Å². The highest BCUT2D eigenvalue weighted by Gasteiger charge is 2.16. The van der Waals surface area contributed by atoms with Crippen molar-refractivity contribution >= 4 is 74.4 Å². The number of aromatic hydroxyl groups is 1. The van der Waals surface area contributed by atoms with Gasteiger partial charge >= 0.3 is 0 Å². The van der Waals surface area contributed by atoms with Crippen LogP contribution in [0, 0.1) is 56.8 Å². The lowest BCUT2D eigenvalue weighted by molar-refractivity contribution is -0.116. The molecule has 12 rings (SSSR count). The van der Waals surface area contributed by atoms with Crippen molar-refractivity contribution in [3.05, 3.63) is 303 Å². The molecular weight excluding hydrogens is 1370 g/mol. The van der Waals surface area contributed by atoms with Crippen LogP contribution in [0.1, 0.15) is 45.0 Å². The van der Waals surface area contributed by atoms with Crippen LogP contribution in [0.2, 0.25) is 5.02 Å². The zero-order valence-corrected chi connectivity index (χ0v) is 56.3. The van der Waals surface area contributed by atoms with Gasteiger partial charge in [0.2, 0.25) is 23.6 Å². The number of nitrogens with zero attached hydrogens (tertiary/aromatic N) is 8. The number of phenolic OH excluding ortho intramolecular Hbond substituents is 1. The summed E-state index contributed by atoms with van der Waals surface area (Å²) in [4.78, 5) is 83.2. The van der Waals surface area contributed by atoms with Gasteiger partial charge in [-0.2, -0.15) is 0 Å². The fraction of sp³-hybridized carbons (Fsp3) is 0.105. The Bertz CT molecular complexity index is 4190. The van der Waals surface area contributed by atoms with Gasteiger partial charge in [0.15, 0.2) is 23.3 Å². The molecule has 0 bridgehead atoms. The normalized spacial score (nSPS) is 10.5. The lowest BCUT2D eigenvalue weighted by Gasteiger charge is -2.09. The number of halogens is 7. The molecule has 8 aromatic carbocycles. The van der Waals surface area contributed by atoms with E-state index in [1.54, 1.807) is 137 Å². The summed E-state index contributed by atoms with van der Waals surface area (Å²) in [6.45, 7) is 7.01. The molecule has 0 aliphatic heterocycles. The number of benzene rings is 8. The topological polar surface area (TPSA) is 240 Å². The van der Waals surface area contributed by atoms with Gasteiger partial charge in [-0.15, -0.1) is 0 Å². The van der Waals surface area contributed by atoms with E-state index in [-0.39, 0.29) is 84.1 Å². The first-order chi connectivity index (χ1) is 48.0. The first-order valence-electron chi connectivity index (χ1n) is 30.6. The van der Waals surface area contributed by atoms with Crippen molar-refractivity contribution in [2.75, 3.05) is 21.3 Å². The molecule has 4 aromatic heterocycles. The number of anilines is 4. The maximum Gasteiger partial charge on any atom is 0.229 e. The maximum absolute atomic E-state index is 13.0. The van der Waals surface area contributed by atoms with Gasteiger partial charge in [0, 0.05) is 31.7 Å². The number of carbonyl (C=O) groups is 4. The average molecular weight is 1430 g/mol. The molecule has 0 saturated carbocycles. The summed E-state index contributed by atoms with van der Waals surface area (Å²) in [7, 11) is 0. The highest BCUT2D eigenvalue weighted by molar-refractivity contribution is 9.10. The Hall–Kier alpha value is -11.8. The second-order valence-corrected chi connectivity index (χ2v) is 23.6. The summed E-state index contributed by atoms with van der Waals surface area (Å²) in [6.07, 6.45) is 6.94. The molecule has 24 heteroatoms. The number of hydrogen-bond acceptors (Lipinski definition) is 13. The minimum Gasteiger partial charge on any atom is -0.508 e. The summed E-state index contributed by atoms with van der Waals surface area (Å²) in [5, 5.41) is 20.8. The molecule has 0 aliphatic carbocycles. The number of hydrogen-bond donors (Lipinski definition) is 5. The Morgan fingerprint density at radius 1 is 0.340 bits per heavy atom. The van der Waals surface area contributed by atoms with E-state index in [1.807, 2.05) is 24.3 Å². The SMILES string of the molecule is Cc1nc(-c2ccc(F)cc2)cnc1NC(=O)Cc1ccc(Br)cc1.Cc1nc(-c2ccc(F)cc2)cnc1NC(=O)Cc1ccc(Cl)cc1.Cc1nc(-c2ccc(F)cc2)cnc1NC(=O)Cc1ccc(F)cc1.Cc1nc(-c2ccc(F)cc2)cnc1NC(=O)Cc1ccc(O)cc1. The van der Waals surface area contributed by atoms with Crippen molar-refractivity contribution in [1.82, 2.24) is 39.9 Å². The third kappa shape index (κ3) is 22.1. The summed E-state index contributed by atoms with van der Waals surface area (Å²) in [6, 6.07) is 50.8. The Balaban J connectivity index is 0.000000156. The quantitative estimate of drug-likeness (QED) is 0.0566. The molecule has 0 spiro atoms. The highest BCUT2D eigenvalue weighted by Crippen LogP contribution is 2.25. The highest BCUT2D eigenvalue weighted by atomic mass is 79.9. The average Bonchev–Trinajstić information content (AvgIpc) is 0.852. The van der Waals surface area contributed by atoms with Gasteiger partial charge in [-0.3, -0.25) is 19.2 Å². The number of phenols is 1. The molecule has 504 valence electrons. The number of aromatic nitrogens is 8. The minimum atomic E-state index is -0.345. The zero-order chi connectivity index (χ0) is 71.2. The third-order valence-corrected chi connectivity index (χ3v) is 15.3. The summed E-state index contributed by atoms with van der Waals surface area (Å²) in [5.74, 6) is -0.691. The second kappa shape index (κ2) is 34.9. The van der Waals surface area contributed by atoms with E-state index in [0.29, 0.717) is 79.4 Å². The lowest BCUT2D eigenvalue weighted by atomic mass is 10.1. The molecule has 0 saturated heterocycles. The van der Waals surface area contributed by atoms with Crippen LogP contribution < -0.4 is 21.3 Å². The number of nitrogens with one attached hydrogen (secondary N) is 4. The Kier molecular flexibility index (Phi) is 25.3. The molecule has 4 heterocycles. The number of rotatable bonds is 16. The van der Waals surface area contributed by atoms with Crippen molar-refractivity contribution in [1.29, 1.82) is 0 Å². The van der Waals surface area contributed by atoms with Crippen molar-refractivity contribution in [3.8, 4) is 50.8 Å². The molecule has 0 aliphatic rings. The number of aryl methyl sites for hydroxylation is 4. The molecule has 12 aromatic rings. The van der Waals surface area contributed by atoms with Gasteiger partial charge in [-0.05, 0) is 196 Å². The van der Waals surface area contributed by atoms with E-state index < -0.39 is 0 Å². The molecule has 17 nitrogen and oxygen atoms in total. The standard InChI is InChI=1S/C19H15BrFN3O.C19H15ClFN3O.C19H15F2N3O.C19H16FN3O2/c3*1-12-19(24-18(25)10-13-2-6-15(20)7-3-13)22-11-17(23-12)14-4-8-16(21)9-5-14;1-12-19(23-18(25)10-13-2-8-16(24)9-3-13)21-11-17(22-12)14-4-6-15(20)7-5-14/h3*2-9,11H,10H2,1H3,(H,22,24,25);2-9,11,24H,10H2,1H3,(H,21,23,25). The zero-order valence-electron chi connectivity index (χ0n) is 53.9. The van der Waals surface area contributed by atoms with Gasteiger partial charge in [0.05, 0.1) is 96.0 Å². The first kappa shape index (κ1) is 72.4. The van der Waals surface area contributed by atoms with E-state index in [9.17, 15) is 46.2 Å². The summed E-state index contributed by atoms with van der Waals surface area (Å²) in [5.41, 5.74) is 11.0. The molecule has 4 amide bonds. The molecule has 0 unspecified atom stereocenters. The van der Waals surface area contributed by atoms with E-state index in [2.05, 4.69) is 77.1 Å². The fourth-order valence-electron chi connectivity index (χ4n) is 9.32. The van der Waals surface area contributed by atoms with Crippen LogP contribution in [-0.2, 0) is 44.9 Å². The van der Waals surface area contributed by atoms with E-state index >= 15 is 0 Å². The van der Waals surface area contributed by atoms with E-state index in [1.165, 1.54) is 85.2 Å². The predicted molar refractivity (Wildman–Crippen MR) is 378 cm³/mol. The molecule has 0 atom stereocenters. The molecule has 0 radical (unpaired) electrons. The Morgan fingerprint density at radius 3 is 0.790 bits per heavy atom. The Morgan fingerprint density at radius 2 is 0.550 bits per heavy atom. The van der Waals surface area contributed by atoms with Crippen LogP contribution in [0.25, 0.3) is 45.0 Å².